The van der Waals surface area contributed by atoms with Crippen LogP contribution in [0.15, 0.2) is 17.8 Å². The minimum absolute atomic E-state index is 0.277. The fourth-order valence-electron chi connectivity index (χ4n) is 2.91. The Morgan fingerprint density at radius 3 is 2.67 bits per heavy atom. The monoisotopic (exact) mass is 368 g/mol. The Morgan fingerprint density at radius 2 is 1.96 bits per heavy atom. The van der Waals surface area contributed by atoms with Gasteiger partial charge >= 0.3 is 0 Å². The van der Waals surface area contributed by atoms with E-state index in [0.717, 1.165) is 48.8 Å². The van der Waals surface area contributed by atoms with Crippen molar-refractivity contribution >= 4 is 37.2 Å². The Labute approximate surface area is 147 Å². The average molecular weight is 369 g/mol. The molecular weight excluding hydrogens is 344 g/mol. The number of sulfone groups is 1. The first-order valence-corrected chi connectivity index (χ1v) is 10.9. The van der Waals surface area contributed by atoms with Gasteiger partial charge in [-0.15, -0.1) is 11.3 Å². The van der Waals surface area contributed by atoms with Crippen molar-refractivity contribution in [3.63, 3.8) is 0 Å². The molecule has 0 radical (unpaired) electrons. The number of rotatable bonds is 6. The Morgan fingerprint density at radius 1 is 1.21 bits per heavy atom. The van der Waals surface area contributed by atoms with E-state index in [0.29, 0.717) is 6.42 Å². The van der Waals surface area contributed by atoms with Crippen molar-refractivity contribution in [1.29, 1.82) is 0 Å². The van der Waals surface area contributed by atoms with E-state index in [1.807, 2.05) is 11.4 Å². The molecule has 1 aliphatic heterocycles. The maximum atomic E-state index is 11.9. The number of thiophene rings is 1. The van der Waals surface area contributed by atoms with Crippen LogP contribution in [-0.4, -0.2) is 67.0 Å². The minimum atomic E-state index is -2.92. The molecule has 1 saturated heterocycles. The van der Waals surface area contributed by atoms with Crippen molar-refractivity contribution in [2.45, 2.75) is 25.5 Å². The molecule has 6 nitrogen and oxygen atoms in total. The van der Waals surface area contributed by atoms with Crippen LogP contribution in [0.5, 0.6) is 0 Å². The molecule has 0 amide bonds. The lowest BCUT2D eigenvalue weighted by molar-refractivity contribution is 0.258. The van der Waals surface area contributed by atoms with E-state index in [2.05, 4.69) is 19.8 Å². The van der Waals surface area contributed by atoms with Gasteiger partial charge in [-0.3, -0.25) is 4.90 Å². The zero-order valence-corrected chi connectivity index (χ0v) is 15.8. The van der Waals surface area contributed by atoms with Crippen LogP contribution in [0, 0.1) is 0 Å². The summed E-state index contributed by atoms with van der Waals surface area (Å²) in [5.41, 5.74) is 1.01. The van der Waals surface area contributed by atoms with Crippen LogP contribution < -0.4 is 4.90 Å². The highest BCUT2D eigenvalue weighted by atomic mass is 32.2. The molecule has 0 aliphatic carbocycles. The lowest BCUT2D eigenvalue weighted by atomic mass is 10.3. The van der Waals surface area contributed by atoms with Gasteiger partial charge in [0.15, 0.2) is 9.84 Å². The molecule has 0 unspecified atom stereocenters. The van der Waals surface area contributed by atoms with Crippen LogP contribution in [-0.2, 0) is 9.84 Å². The number of nitrogens with zero attached hydrogens (tertiary/aromatic N) is 4. The van der Waals surface area contributed by atoms with E-state index in [9.17, 15) is 8.42 Å². The molecule has 1 aliphatic rings. The van der Waals surface area contributed by atoms with E-state index >= 15 is 0 Å². The lowest BCUT2D eigenvalue weighted by Crippen LogP contribution is -2.47. The molecule has 0 atom stereocenters. The predicted octanol–water partition coefficient (Wildman–Crippen LogP) is 2.03. The first kappa shape index (κ1) is 17.6. The Balaban J connectivity index is 1.52. The number of fused-ring (bicyclic) bond motifs is 1. The summed E-state index contributed by atoms with van der Waals surface area (Å²) in [5.74, 6) is 1.31. The zero-order chi connectivity index (χ0) is 17.2. The van der Waals surface area contributed by atoms with Crippen molar-refractivity contribution in [1.82, 2.24) is 14.9 Å². The fraction of sp³-hybridized carbons (Fsp3) is 0.625. The molecule has 2 aromatic rings. The van der Waals surface area contributed by atoms with Crippen LogP contribution >= 0.6 is 11.3 Å². The average Bonchev–Trinajstić information content (AvgIpc) is 3.04. The molecule has 24 heavy (non-hydrogen) atoms. The summed E-state index contributed by atoms with van der Waals surface area (Å²) >= 11 is 1.68. The first-order valence-electron chi connectivity index (χ1n) is 8.34. The van der Waals surface area contributed by atoms with E-state index in [4.69, 9.17) is 0 Å². The van der Waals surface area contributed by atoms with Gasteiger partial charge in [0.2, 0.25) is 0 Å². The van der Waals surface area contributed by atoms with Crippen molar-refractivity contribution < 1.29 is 8.42 Å². The molecule has 1 fully saturated rings. The van der Waals surface area contributed by atoms with E-state index in [1.165, 1.54) is 0 Å². The number of hydrogen-bond acceptors (Lipinski definition) is 7. The maximum absolute atomic E-state index is 11.9. The van der Waals surface area contributed by atoms with E-state index < -0.39 is 9.84 Å². The highest BCUT2D eigenvalue weighted by molar-refractivity contribution is 7.91. The first-order chi connectivity index (χ1) is 11.5. The van der Waals surface area contributed by atoms with Gasteiger partial charge in [-0.25, -0.2) is 18.4 Å². The normalized spacial score (nSPS) is 17.0. The van der Waals surface area contributed by atoms with Gasteiger partial charge in [0.1, 0.15) is 12.1 Å². The maximum Gasteiger partial charge on any atom is 0.152 e. The Hall–Kier alpha value is -1.25. The third-order valence-corrected chi connectivity index (χ3v) is 7.71. The summed E-state index contributed by atoms with van der Waals surface area (Å²) in [7, 11) is -2.92. The van der Waals surface area contributed by atoms with Gasteiger partial charge in [0.05, 0.1) is 21.2 Å². The SMILES string of the molecule is CC(C)S(=O)(=O)CCCN1CCN(c2ncnc3ccsc23)CC1. The largest absolute Gasteiger partial charge is 0.353 e. The summed E-state index contributed by atoms with van der Waals surface area (Å²) in [6, 6.07) is 2.02. The lowest BCUT2D eigenvalue weighted by Gasteiger charge is -2.35. The second-order valence-corrected chi connectivity index (χ2v) is 10.0. The highest BCUT2D eigenvalue weighted by Crippen LogP contribution is 2.28. The number of aromatic nitrogens is 2. The van der Waals surface area contributed by atoms with E-state index in [1.54, 1.807) is 31.5 Å². The second kappa shape index (κ2) is 7.33. The van der Waals surface area contributed by atoms with Crippen LogP contribution in [0.2, 0.25) is 0 Å². The third-order valence-electron chi connectivity index (χ3n) is 4.52. The summed E-state index contributed by atoms with van der Waals surface area (Å²) in [4.78, 5) is 13.4. The molecule has 2 aromatic heterocycles. The summed E-state index contributed by atoms with van der Waals surface area (Å²) in [6.07, 6.45) is 2.34. The van der Waals surface area contributed by atoms with Crippen molar-refractivity contribution in [2.75, 3.05) is 43.4 Å². The van der Waals surface area contributed by atoms with Gasteiger partial charge in [-0.05, 0) is 38.3 Å². The quantitative estimate of drug-likeness (QED) is 0.777. The molecule has 3 heterocycles. The van der Waals surface area contributed by atoms with Gasteiger partial charge in [0, 0.05) is 26.2 Å². The summed E-state index contributed by atoms with van der Waals surface area (Å²) in [6.45, 7) is 8.07. The van der Waals surface area contributed by atoms with Gasteiger partial charge in [-0.1, -0.05) is 0 Å². The van der Waals surface area contributed by atoms with Gasteiger partial charge in [-0.2, -0.15) is 0 Å². The number of anilines is 1. The fourth-order valence-corrected chi connectivity index (χ4v) is 4.77. The number of hydrogen-bond donors (Lipinski definition) is 0. The van der Waals surface area contributed by atoms with Crippen LogP contribution in [0.3, 0.4) is 0 Å². The Kier molecular flexibility index (Phi) is 5.36. The molecule has 8 heteroatoms. The zero-order valence-electron chi connectivity index (χ0n) is 14.2. The molecule has 3 rings (SSSR count). The predicted molar refractivity (Wildman–Crippen MR) is 99.6 cm³/mol. The molecule has 132 valence electrons. The Bertz CT molecular complexity index is 780. The topological polar surface area (TPSA) is 66.4 Å². The molecular formula is C16H24N4O2S2. The highest BCUT2D eigenvalue weighted by Gasteiger charge is 2.21. The molecule has 0 N–H and O–H groups in total. The van der Waals surface area contributed by atoms with Gasteiger partial charge < -0.3 is 4.90 Å². The third kappa shape index (κ3) is 3.87. The van der Waals surface area contributed by atoms with Crippen LogP contribution in [0.25, 0.3) is 10.2 Å². The summed E-state index contributed by atoms with van der Waals surface area (Å²) < 4.78 is 24.9. The van der Waals surface area contributed by atoms with Crippen molar-refractivity contribution in [2.24, 2.45) is 0 Å². The van der Waals surface area contributed by atoms with Crippen molar-refractivity contribution in [3.05, 3.63) is 17.8 Å². The summed E-state index contributed by atoms with van der Waals surface area (Å²) in [5, 5.41) is 1.77. The standard InChI is InChI=1S/C16H24N4O2S2/c1-13(2)24(21,22)11-3-5-19-6-8-20(9-7-19)16-15-14(4-10-23-15)17-12-18-16/h4,10,12-13H,3,5-9,11H2,1-2H3. The molecule has 0 bridgehead atoms. The molecule has 0 saturated carbocycles. The van der Waals surface area contributed by atoms with Crippen LogP contribution in [0.1, 0.15) is 20.3 Å². The van der Waals surface area contributed by atoms with Gasteiger partial charge in [0.25, 0.3) is 0 Å². The van der Waals surface area contributed by atoms with E-state index in [-0.39, 0.29) is 11.0 Å². The molecule has 0 spiro atoms. The number of piperazine rings is 1. The smallest absolute Gasteiger partial charge is 0.152 e. The van der Waals surface area contributed by atoms with Crippen LogP contribution in [0.4, 0.5) is 5.82 Å². The minimum Gasteiger partial charge on any atom is -0.353 e. The molecule has 0 aromatic carbocycles. The second-order valence-electron chi connectivity index (χ2n) is 6.43. The van der Waals surface area contributed by atoms with Crippen molar-refractivity contribution in [3.8, 4) is 0 Å².